The fraction of sp³-hybridized carbons (Fsp3) is 0.458. The first-order valence-corrected chi connectivity index (χ1v) is 11.2. The van der Waals surface area contributed by atoms with Crippen molar-refractivity contribution in [3.05, 3.63) is 47.7 Å². The average Bonchev–Trinajstić information content (AvgIpc) is 3.33. The van der Waals surface area contributed by atoms with Crippen molar-refractivity contribution in [3.63, 3.8) is 0 Å². The number of nitrogens with one attached hydrogen (secondary N) is 2. The molecular weight excluding hydrogens is 426 g/mol. The first-order valence-electron chi connectivity index (χ1n) is 11.2. The van der Waals surface area contributed by atoms with Gasteiger partial charge in [-0.3, -0.25) is 19.6 Å². The molecule has 0 aliphatic rings. The van der Waals surface area contributed by atoms with E-state index in [9.17, 15) is 24.7 Å². The second-order valence-corrected chi connectivity index (χ2v) is 8.02. The molecule has 1 heterocycles. The van der Waals surface area contributed by atoms with E-state index in [1.54, 1.807) is 12.1 Å². The van der Waals surface area contributed by atoms with Crippen LogP contribution in [0.15, 0.2) is 40.8 Å². The molecule has 2 unspecified atom stereocenters. The molecule has 2 atom stereocenters. The first kappa shape index (κ1) is 26.1. The number of hydrogen-bond donors (Lipinski definition) is 4. The zero-order chi connectivity index (χ0) is 24.2. The Bertz CT molecular complexity index is 913. The van der Waals surface area contributed by atoms with Crippen LogP contribution in [-0.2, 0) is 9.59 Å². The highest BCUT2D eigenvalue weighted by Crippen LogP contribution is 2.26. The molecule has 0 radical (unpaired) electrons. The molecule has 180 valence electrons. The standard InChI is InChI=1S/C24H33N3O6/c1-3-4-5-7-20(13-27(32)16-29)23(30)25-15-26-24(31)22-11-10-21(33-22)19-9-6-8-18(12-19)17(2)14-28/h6,8-12,16-17,20,28,32H,3-5,7,13-15H2,1-2H3,(H,25,30)(H,26,31). The predicted molar refractivity (Wildman–Crippen MR) is 122 cm³/mol. The summed E-state index contributed by atoms with van der Waals surface area (Å²) in [5, 5.41) is 24.4. The van der Waals surface area contributed by atoms with Crippen molar-refractivity contribution in [1.29, 1.82) is 0 Å². The fourth-order valence-electron chi connectivity index (χ4n) is 3.38. The number of carbonyl (C=O) groups is 3. The van der Waals surface area contributed by atoms with Crippen LogP contribution in [0.25, 0.3) is 11.3 Å². The summed E-state index contributed by atoms with van der Waals surface area (Å²) in [6, 6.07) is 10.8. The third-order valence-electron chi connectivity index (χ3n) is 5.41. The second kappa shape index (κ2) is 13.4. The average molecular weight is 460 g/mol. The molecule has 0 spiro atoms. The van der Waals surface area contributed by atoms with Crippen molar-refractivity contribution < 1.29 is 29.1 Å². The molecule has 33 heavy (non-hydrogen) atoms. The van der Waals surface area contributed by atoms with E-state index in [-0.39, 0.29) is 43.8 Å². The lowest BCUT2D eigenvalue weighted by molar-refractivity contribution is -0.154. The molecule has 1 aromatic heterocycles. The number of unbranched alkanes of at least 4 members (excludes halogenated alkanes) is 2. The van der Waals surface area contributed by atoms with E-state index < -0.39 is 11.8 Å². The summed E-state index contributed by atoms with van der Waals surface area (Å²) < 4.78 is 5.67. The maximum atomic E-state index is 12.5. The Kier molecular flexibility index (Phi) is 10.6. The van der Waals surface area contributed by atoms with Gasteiger partial charge in [-0.15, -0.1) is 0 Å². The Morgan fingerprint density at radius 2 is 1.97 bits per heavy atom. The van der Waals surface area contributed by atoms with E-state index in [2.05, 4.69) is 10.6 Å². The van der Waals surface area contributed by atoms with Crippen molar-refractivity contribution in [1.82, 2.24) is 15.7 Å². The van der Waals surface area contributed by atoms with Crippen molar-refractivity contribution in [2.75, 3.05) is 19.8 Å². The summed E-state index contributed by atoms with van der Waals surface area (Å²) in [6.45, 7) is 3.77. The highest BCUT2D eigenvalue weighted by atomic mass is 16.5. The lowest BCUT2D eigenvalue weighted by atomic mass is 9.99. The molecule has 1 aromatic carbocycles. The van der Waals surface area contributed by atoms with Gasteiger partial charge in [-0.1, -0.05) is 51.3 Å². The molecule has 0 bridgehead atoms. The SMILES string of the molecule is CCCCCC(CN(O)C=O)C(=O)NCNC(=O)c1ccc(-c2cccc(C(C)CO)c2)o1. The number of aliphatic hydroxyl groups is 1. The van der Waals surface area contributed by atoms with E-state index >= 15 is 0 Å². The number of rotatable bonds is 14. The molecule has 9 heteroatoms. The Labute approximate surface area is 193 Å². The molecular formula is C24H33N3O6. The monoisotopic (exact) mass is 459 g/mol. The van der Waals surface area contributed by atoms with Crippen LogP contribution in [0.1, 0.15) is 61.6 Å². The van der Waals surface area contributed by atoms with Gasteiger partial charge in [-0.05, 0) is 30.2 Å². The zero-order valence-electron chi connectivity index (χ0n) is 19.1. The van der Waals surface area contributed by atoms with E-state index in [0.29, 0.717) is 17.2 Å². The minimum atomic E-state index is -0.576. The first-order chi connectivity index (χ1) is 15.9. The molecule has 4 N–H and O–H groups in total. The highest BCUT2D eigenvalue weighted by molar-refractivity contribution is 5.92. The Morgan fingerprint density at radius 1 is 1.18 bits per heavy atom. The quantitative estimate of drug-likeness (QED) is 0.113. The zero-order valence-corrected chi connectivity index (χ0v) is 19.1. The second-order valence-electron chi connectivity index (χ2n) is 8.02. The maximum Gasteiger partial charge on any atom is 0.288 e. The summed E-state index contributed by atoms with van der Waals surface area (Å²) in [4.78, 5) is 35.6. The summed E-state index contributed by atoms with van der Waals surface area (Å²) in [7, 11) is 0. The van der Waals surface area contributed by atoms with Crippen LogP contribution >= 0.6 is 0 Å². The molecule has 9 nitrogen and oxygen atoms in total. The molecule has 0 aliphatic carbocycles. The number of hydroxylamine groups is 2. The van der Waals surface area contributed by atoms with Crippen LogP contribution in [0.5, 0.6) is 0 Å². The van der Waals surface area contributed by atoms with E-state index in [4.69, 9.17) is 4.42 Å². The van der Waals surface area contributed by atoms with Gasteiger partial charge in [0.05, 0.1) is 19.1 Å². The minimum absolute atomic E-state index is 0.0125. The van der Waals surface area contributed by atoms with Gasteiger partial charge in [0, 0.05) is 18.1 Å². The molecule has 0 aliphatic heterocycles. The third kappa shape index (κ3) is 8.03. The van der Waals surface area contributed by atoms with Gasteiger partial charge < -0.3 is 20.2 Å². The van der Waals surface area contributed by atoms with Gasteiger partial charge in [0.2, 0.25) is 12.3 Å². The van der Waals surface area contributed by atoms with Gasteiger partial charge in [0.15, 0.2) is 5.76 Å². The summed E-state index contributed by atoms with van der Waals surface area (Å²) in [5.41, 5.74) is 1.75. The predicted octanol–water partition coefficient (Wildman–Crippen LogP) is 2.89. The number of furan rings is 1. The van der Waals surface area contributed by atoms with Crippen LogP contribution in [0.2, 0.25) is 0 Å². The van der Waals surface area contributed by atoms with Gasteiger partial charge in [-0.2, -0.15) is 0 Å². The Hall–Kier alpha value is -3.17. The van der Waals surface area contributed by atoms with E-state index in [1.165, 1.54) is 0 Å². The van der Waals surface area contributed by atoms with Crippen molar-refractivity contribution in [2.24, 2.45) is 5.92 Å². The lowest BCUT2D eigenvalue weighted by Crippen LogP contribution is -2.42. The number of carbonyl (C=O) groups excluding carboxylic acids is 3. The minimum Gasteiger partial charge on any atom is -0.451 e. The lowest BCUT2D eigenvalue weighted by Gasteiger charge is -2.19. The number of nitrogens with zero attached hydrogens (tertiary/aromatic N) is 1. The summed E-state index contributed by atoms with van der Waals surface area (Å²) in [5.74, 6) is -0.817. The fourth-order valence-corrected chi connectivity index (χ4v) is 3.38. The largest absolute Gasteiger partial charge is 0.451 e. The van der Waals surface area contributed by atoms with Crippen LogP contribution in [0.3, 0.4) is 0 Å². The van der Waals surface area contributed by atoms with Crippen molar-refractivity contribution in [2.45, 2.75) is 45.4 Å². The Morgan fingerprint density at radius 3 is 2.67 bits per heavy atom. The highest BCUT2D eigenvalue weighted by Gasteiger charge is 2.21. The van der Waals surface area contributed by atoms with Crippen LogP contribution in [0, 0.1) is 5.92 Å². The van der Waals surface area contributed by atoms with Crippen LogP contribution in [-0.4, -0.2) is 53.4 Å². The van der Waals surface area contributed by atoms with Crippen LogP contribution in [0.4, 0.5) is 0 Å². The van der Waals surface area contributed by atoms with Crippen LogP contribution < -0.4 is 10.6 Å². The van der Waals surface area contributed by atoms with Gasteiger partial charge in [0.1, 0.15) is 5.76 Å². The van der Waals surface area contributed by atoms with Crippen molar-refractivity contribution >= 4 is 18.2 Å². The third-order valence-corrected chi connectivity index (χ3v) is 5.41. The van der Waals surface area contributed by atoms with E-state index in [0.717, 1.165) is 30.4 Å². The van der Waals surface area contributed by atoms with Gasteiger partial charge >= 0.3 is 0 Å². The smallest absolute Gasteiger partial charge is 0.288 e. The van der Waals surface area contributed by atoms with Gasteiger partial charge in [-0.25, -0.2) is 5.06 Å². The molecule has 0 saturated heterocycles. The summed E-state index contributed by atoms with van der Waals surface area (Å²) >= 11 is 0. The number of aliphatic hydroxyl groups excluding tert-OH is 1. The molecule has 3 amide bonds. The molecule has 2 aromatic rings. The Balaban J connectivity index is 1.92. The molecule has 0 fully saturated rings. The number of amides is 3. The molecule has 2 rings (SSSR count). The molecule has 0 saturated carbocycles. The maximum absolute atomic E-state index is 12.5. The number of benzene rings is 1. The van der Waals surface area contributed by atoms with Crippen molar-refractivity contribution in [3.8, 4) is 11.3 Å². The summed E-state index contributed by atoms with van der Waals surface area (Å²) in [6.07, 6.45) is 3.50. The van der Waals surface area contributed by atoms with Gasteiger partial charge in [0.25, 0.3) is 5.91 Å². The topological polar surface area (TPSA) is 132 Å². The van der Waals surface area contributed by atoms with E-state index in [1.807, 2.05) is 38.1 Å². The number of hydrogen-bond acceptors (Lipinski definition) is 6. The normalized spacial score (nSPS) is 12.6.